The topological polar surface area (TPSA) is 37.3 Å². The van der Waals surface area contributed by atoms with Crippen molar-refractivity contribution in [3.8, 4) is 11.1 Å². The number of halogens is 3. The second-order valence-corrected chi connectivity index (χ2v) is 3.69. The quantitative estimate of drug-likeness (QED) is 0.888. The van der Waals surface area contributed by atoms with Crippen LogP contribution in [0.5, 0.6) is 0 Å². The molecule has 2 aromatic rings. The molecule has 18 heavy (non-hydrogen) atoms. The minimum absolute atomic E-state index is 0.0782. The largest absolute Gasteiger partial charge is 0.478 e. The molecule has 0 aliphatic rings. The normalized spacial score (nSPS) is 10.4. The monoisotopic (exact) mass is 252 g/mol. The summed E-state index contributed by atoms with van der Waals surface area (Å²) >= 11 is 0. The minimum Gasteiger partial charge on any atom is -0.478 e. The average molecular weight is 252 g/mol. The molecule has 0 heterocycles. The molecule has 0 fully saturated rings. The summed E-state index contributed by atoms with van der Waals surface area (Å²) in [6.07, 6.45) is 0. The highest BCUT2D eigenvalue weighted by molar-refractivity contribution is 5.89. The smallest absolute Gasteiger partial charge is 0.335 e. The number of aromatic carboxylic acids is 1. The third kappa shape index (κ3) is 2.51. The Balaban J connectivity index is 2.59. The molecule has 92 valence electrons. The molecule has 0 saturated carbocycles. The summed E-state index contributed by atoms with van der Waals surface area (Å²) in [5.74, 6) is -3.72. The van der Waals surface area contributed by atoms with Crippen molar-refractivity contribution in [1.29, 1.82) is 0 Å². The standard InChI is InChI=1S/C13H7F3O2/c14-10-2-7(1-9(5-10)13(17)18)8-3-11(15)6-12(16)4-8/h1-6H,(H,17,18). The second kappa shape index (κ2) is 4.52. The summed E-state index contributed by atoms with van der Waals surface area (Å²) < 4.78 is 39.3. The van der Waals surface area contributed by atoms with Gasteiger partial charge in [0.05, 0.1) is 5.56 Å². The van der Waals surface area contributed by atoms with E-state index in [1.807, 2.05) is 0 Å². The third-order valence-corrected chi connectivity index (χ3v) is 2.34. The van der Waals surface area contributed by atoms with E-state index in [4.69, 9.17) is 5.11 Å². The molecule has 0 atom stereocenters. The van der Waals surface area contributed by atoms with E-state index in [9.17, 15) is 18.0 Å². The molecular weight excluding hydrogens is 245 g/mol. The number of carbonyl (C=O) groups is 1. The molecule has 0 aliphatic carbocycles. The molecule has 2 nitrogen and oxygen atoms in total. The van der Waals surface area contributed by atoms with E-state index in [-0.39, 0.29) is 16.7 Å². The molecule has 0 saturated heterocycles. The fourth-order valence-corrected chi connectivity index (χ4v) is 1.60. The average Bonchev–Trinajstić information content (AvgIpc) is 2.26. The minimum atomic E-state index is -1.31. The highest BCUT2D eigenvalue weighted by atomic mass is 19.1. The zero-order valence-corrected chi connectivity index (χ0v) is 8.95. The van der Waals surface area contributed by atoms with E-state index in [1.165, 1.54) is 0 Å². The SMILES string of the molecule is O=C(O)c1cc(F)cc(-c2cc(F)cc(F)c2)c1. The Hall–Kier alpha value is -2.30. The highest BCUT2D eigenvalue weighted by Gasteiger charge is 2.10. The first-order chi connectivity index (χ1) is 8.45. The van der Waals surface area contributed by atoms with Crippen LogP contribution in [0, 0.1) is 17.5 Å². The molecule has 2 rings (SSSR count). The summed E-state index contributed by atoms with van der Waals surface area (Å²) in [6.45, 7) is 0. The van der Waals surface area contributed by atoms with Gasteiger partial charge in [0, 0.05) is 6.07 Å². The predicted octanol–water partition coefficient (Wildman–Crippen LogP) is 3.47. The van der Waals surface area contributed by atoms with Crippen molar-refractivity contribution in [3.05, 3.63) is 59.4 Å². The maximum absolute atomic E-state index is 13.2. The Kier molecular flexibility index (Phi) is 3.06. The number of benzene rings is 2. The van der Waals surface area contributed by atoms with Crippen LogP contribution in [0.25, 0.3) is 11.1 Å². The summed E-state index contributed by atoms with van der Waals surface area (Å²) in [4.78, 5) is 10.8. The molecule has 0 bridgehead atoms. The molecule has 0 aromatic heterocycles. The van der Waals surface area contributed by atoms with Crippen molar-refractivity contribution < 1.29 is 23.1 Å². The van der Waals surface area contributed by atoms with Crippen LogP contribution >= 0.6 is 0 Å². The molecule has 0 amide bonds. The van der Waals surface area contributed by atoms with E-state index in [2.05, 4.69) is 0 Å². The Morgan fingerprint density at radius 2 is 1.22 bits per heavy atom. The lowest BCUT2D eigenvalue weighted by molar-refractivity contribution is 0.0696. The van der Waals surface area contributed by atoms with Crippen molar-refractivity contribution >= 4 is 5.97 Å². The first-order valence-electron chi connectivity index (χ1n) is 4.96. The lowest BCUT2D eigenvalue weighted by atomic mass is 10.0. The summed E-state index contributed by atoms with van der Waals surface area (Å²) in [5, 5.41) is 8.77. The van der Waals surface area contributed by atoms with Gasteiger partial charge in [-0.15, -0.1) is 0 Å². The van der Waals surface area contributed by atoms with Crippen molar-refractivity contribution in [2.45, 2.75) is 0 Å². The fraction of sp³-hybridized carbons (Fsp3) is 0. The van der Waals surface area contributed by atoms with Gasteiger partial charge in [0.25, 0.3) is 0 Å². The number of carboxylic acids is 1. The predicted molar refractivity (Wildman–Crippen MR) is 58.7 cm³/mol. The summed E-state index contributed by atoms with van der Waals surface area (Å²) in [5.41, 5.74) is -0.102. The second-order valence-electron chi connectivity index (χ2n) is 3.69. The van der Waals surface area contributed by atoms with Gasteiger partial charge in [0.2, 0.25) is 0 Å². The maximum Gasteiger partial charge on any atom is 0.335 e. The number of rotatable bonds is 2. The van der Waals surface area contributed by atoms with Crippen LogP contribution in [-0.4, -0.2) is 11.1 Å². The molecular formula is C13H7F3O2. The molecule has 5 heteroatoms. The third-order valence-electron chi connectivity index (χ3n) is 2.34. The number of hydrogen-bond donors (Lipinski definition) is 1. The Morgan fingerprint density at radius 3 is 1.72 bits per heavy atom. The number of carboxylic acid groups (broad SMARTS) is 1. The number of hydrogen-bond acceptors (Lipinski definition) is 1. The van der Waals surface area contributed by atoms with Gasteiger partial charge in [-0.25, -0.2) is 18.0 Å². The molecule has 0 unspecified atom stereocenters. The van der Waals surface area contributed by atoms with Gasteiger partial charge in [-0.3, -0.25) is 0 Å². The molecule has 0 radical (unpaired) electrons. The van der Waals surface area contributed by atoms with Crippen LogP contribution in [0.1, 0.15) is 10.4 Å². The lowest BCUT2D eigenvalue weighted by Gasteiger charge is -2.04. The summed E-state index contributed by atoms with van der Waals surface area (Å²) in [6, 6.07) is 5.69. The van der Waals surface area contributed by atoms with Crippen LogP contribution in [0.2, 0.25) is 0 Å². The van der Waals surface area contributed by atoms with E-state index in [0.29, 0.717) is 6.07 Å². The van der Waals surface area contributed by atoms with Crippen molar-refractivity contribution in [1.82, 2.24) is 0 Å². The van der Waals surface area contributed by atoms with Crippen LogP contribution < -0.4 is 0 Å². The zero-order chi connectivity index (χ0) is 13.3. The zero-order valence-electron chi connectivity index (χ0n) is 8.95. The molecule has 0 aliphatic heterocycles. The van der Waals surface area contributed by atoms with Crippen LogP contribution in [0.4, 0.5) is 13.2 Å². The van der Waals surface area contributed by atoms with Crippen LogP contribution in [0.3, 0.4) is 0 Å². The fourth-order valence-electron chi connectivity index (χ4n) is 1.60. The Labute approximate surface area is 100 Å². The first-order valence-corrected chi connectivity index (χ1v) is 4.96. The van der Waals surface area contributed by atoms with E-state index in [0.717, 1.165) is 30.3 Å². The van der Waals surface area contributed by atoms with Gasteiger partial charge in [-0.1, -0.05) is 0 Å². The lowest BCUT2D eigenvalue weighted by Crippen LogP contribution is -1.98. The van der Waals surface area contributed by atoms with Crippen molar-refractivity contribution in [3.63, 3.8) is 0 Å². The van der Waals surface area contributed by atoms with Gasteiger partial charge in [-0.05, 0) is 41.5 Å². The van der Waals surface area contributed by atoms with E-state index in [1.54, 1.807) is 0 Å². The van der Waals surface area contributed by atoms with E-state index >= 15 is 0 Å². The molecule has 0 spiro atoms. The van der Waals surface area contributed by atoms with Gasteiger partial charge in [-0.2, -0.15) is 0 Å². The van der Waals surface area contributed by atoms with Gasteiger partial charge < -0.3 is 5.11 Å². The first kappa shape index (κ1) is 12.2. The van der Waals surface area contributed by atoms with Crippen LogP contribution in [0.15, 0.2) is 36.4 Å². The Bertz CT molecular complexity index is 603. The van der Waals surface area contributed by atoms with Gasteiger partial charge in [0.1, 0.15) is 17.5 Å². The Morgan fingerprint density at radius 1 is 0.778 bits per heavy atom. The van der Waals surface area contributed by atoms with Gasteiger partial charge in [0.15, 0.2) is 0 Å². The maximum atomic E-state index is 13.2. The van der Waals surface area contributed by atoms with Gasteiger partial charge >= 0.3 is 5.97 Å². The van der Waals surface area contributed by atoms with Crippen LogP contribution in [-0.2, 0) is 0 Å². The highest BCUT2D eigenvalue weighted by Crippen LogP contribution is 2.24. The van der Waals surface area contributed by atoms with Crippen molar-refractivity contribution in [2.75, 3.05) is 0 Å². The summed E-state index contributed by atoms with van der Waals surface area (Å²) in [7, 11) is 0. The molecule has 1 N–H and O–H groups in total. The van der Waals surface area contributed by atoms with E-state index < -0.39 is 23.4 Å². The molecule has 2 aromatic carbocycles. The van der Waals surface area contributed by atoms with Crippen molar-refractivity contribution in [2.24, 2.45) is 0 Å².